The largest absolute Gasteiger partial charge is 0.511 e. The van der Waals surface area contributed by atoms with Crippen LogP contribution in [0.15, 0.2) is 35.6 Å². The minimum Gasteiger partial charge on any atom is -0.511 e. The monoisotopic (exact) mass is 298 g/mol. The lowest BCUT2D eigenvalue weighted by atomic mass is 9.47. The van der Waals surface area contributed by atoms with E-state index in [4.69, 9.17) is 0 Å². The summed E-state index contributed by atoms with van der Waals surface area (Å²) >= 11 is 0. The number of fused-ring (bicyclic) bond motifs is 5. The van der Waals surface area contributed by atoms with Crippen LogP contribution in [-0.4, -0.2) is 10.9 Å². The zero-order valence-corrected chi connectivity index (χ0v) is 13.7. The minimum absolute atomic E-state index is 0.0916. The Morgan fingerprint density at radius 2 is 1.95 bits per heavy atom. The molecular formula is C20H26O2. The number of hydrogen-bond acceptors (Lipinski definition) is 2. The molecule has 118 valence electrons. The molecule has 3 fully saturated rings. The Hall–Kier alpha value is -1.31. The minimum atomic E-state index is -0.391. The highest BCUT2D eigenvalue weighted by Gasteiger charge is 2.58. The Morgan fingerprint density at radius 3 is 2.73 bits per heavy atom. The number of hydrogen-bond donors (Lipinski definition) is 1. The molecule has 0 aromatic carbocycles. The average Bonchev–Trinajstić information content (AvgIpc) is 2.84. The SMILES string of the molecule is C=C1C[C@H]2[C@@H]3CCC[C@@]3(C)CC[C@@H]2[C@@]2(C)C(O)=CC(=O)C=C12. The molecule has 0 aromatic rings. The Labute approximate surface area is 133 Å². The van der Waals surface area contributed by atoms with Crippen molar-refractivity contribution < 1.29 is 9.90 Å². The smallest absolute Gasteiger partial charge is 0.182 e. The number of allylic oxidation sites excluding steroid dienone is 4. The Morgan fingerprint density at radius 1 is 1.18 bits per heavy atom. The molecule has 3 saturated carbocycles. The van der Waals surface area contributed by atoms with Crippen molar-refractivity contribution >= 4 is 5.78 Å². The van der Waals surface area contributed by atoms with Crippen molar-refractivity contribution in [3.05, 3.63) is 35.6 Å². The van der Waals surface area contributed by atoms with Gasteiger partial charge in [-0.05, 0) is 73.8 Å². The van der Waals surface area contributed by atoms with E-state index in [1.54, 1.807) is 6.08 Å². The molecule has 0 amide bonds. The fourth-order valence-electron chi connectivity index (χ4n) is 6.29. The molecule has 2 nitrogen and oxygen atoms in total. The van der Waals surface area contributed by atoms with Gasteiger partial charge in [0.2, 0.25) is 0 Å². The molecular weight excluding hydrogens is 272 g/mol. The van der Waals surface area contributed by atoms with Gasteiger partial charge in [-0.3, -0.25) is 4.79 Å². The van der Waals surface area contributed by atoms with Crippen LogP contribution in [0, 0.1) is 28.6 Å². The second kappa shape index (κ2) is 4.37. The Kier molecular flexibility index (Phi) is 2.84. The third kappa shape index (κ3) is 1.64. The van der Waals surface area contributed by atoms with Gasteiger partial charge in [0.25, 0.3) is 0 Å². The maximum absolute atomic E-state index is 11.9. The molecule has 22 heavy (non-hydrogen) atoms. The van der Waals surface area contributed by atoms with E-state index < -0.39 is 5.41 Å². The van der Waals surface area contributed by atoms with E-state index in [1.165, 1.54) is 31.8 Å². The van der Waals surface area contributed by atoms with Crippen molar-refractivity contribution in [3.8, 4) is 0 Å². The first kappa shape index (κ1) is 14.3. The summed E-state index contributed by atoms with van der Waals surface area (Å²) in [5, 5.41) is 10.7. The molecule has 0 radical (unpaired) electrons. The Balaban J connectivity index is 1.80. The van der Waals surface area contributed by atoms with Crippen molar-refractivity contribution in [3.63, 3.8) is 0 Å². The number of carbonyl (C=O) groups is 1. The Bertz CT molecular complexity index is 626. The summed E-state index contributed by atoms with van der Waals surface area (Å²) < 4.78 is 0. The van der Waals surface area contributed by atoms with Gasteiger partial charge in [-0.1, -0.05) is 25.5 Å². The molecule has 0 unspecified atom stereocenters. The molecule has 5 atom stereocenters. The van der Waals surface area contributed by atoms with Gasteiger partial charge in [-0.15, -0.1) is 0 Å². The van der Waals surface area contributed by atoms with Gasteiger partial charge >= 0.3 is 0 Å². The number of ketones is 1. The van der Waals surface area contributed by atoms with Crippen LogP contribution >= 0.6 is 0 Å². The van der Waals surface area contributed by atoms with Crippen molar-refractivity contribution in [2.24, 2.45) is 28.6 Å². The summed E-state index contributed by atoms with van der Waals surface area (Å²) in [5.74, 6) is 2.00. The van der Waals surface area contributed by atoms with Crippen LogP contribution in [0.25, 0.3) is 0 Å². The summed E-state index contributed by atoms with van der Waals surface area (Å²) in [4.78, 5) is 11.9. The standard InChI is InChI=1S/C20H26O2/c1-12-9-14-15-5-4-7-19(15,2)8-6-16(14)20(3)17(12)10-13(21)11-18(20)22/h10-11,14-16,22H,1,4-9H2,2-3H3/t14-,15-,16-,19-,20+/m0/s1. The van der Waals surface area contributed by atoms with E-state index in [9.17, 15) is 9.90 Å². The van der Waals surface area contributed by atoms with Crippen LogP contribution in [0.2, 0.25) is 0 Å². The molecule has 4 aliphatic rings. The van der Waals surface area contributed by atoms with E-state index in [-0.39, 0.29) is 11.5 Å². The van der Waals surface area contributed by atoms with Crippen molar-refractivity contribution in [2.75, 3.05) is 0 Å². The van der Waals surface area contributed by atoms with Gasteiger partial charge < -0.3 is 5.11 Å². The molecule has 0 saturated heterocycles. The third-order valence-corrected chi connectivity index (χ3v) is 7.48. The number of aliphatic hydroxyl groups excluding tert-OH is 1. The topological polar surface area (TPSA) is 37.3 Å². The zero-order valence-electron chi connectivity index (χ0n) is 13.7. The van der Waals surface area contributed by atoms with Gasteiger partial charge in [0.05, 0.1) is 5.41 Å². The maximum Gasteiger partial charge on any atom is 0.182 e. The molecule has 4 aliphatic carbocycles. The van der Waals surface area contributed by atoms with E-state index >= 15 is 0 Å². The number of carbonyl (C=O) groups excluding carboxylic acids is 1. The van der Waals surface area contributed by atoms with Gasteiger partial charge in [-0.25, -0.2) is 0 Å². The van der Waals surface area contributed by atoms with E-state index in [1.807, 2.05) is 0 Å². The van der Waals surface area contributed by atoms with Crippen LogP contribution in [0.1, 0.15) is 52.4 Å². The van der Waals surface area contributed by atoms with Crippen LogP contribution in [0.5, 0.6) is 0 Å². The number of aliphatic hydroxyl groups is 1. The highest BCUT2D eigenvalue weighted by Crippen LogP contribution is 2.66. The van der Waals surface area contributed by atoms with Crippen LogP contribution < -0.4 is 0 Å². The molecule has 0 aromatic heterocycles. The maximum atomic E-state index is 11.9. The summed E-state index contributed by atoms with van der Waals surface area (Å²) in [7, 11) is 0. The van der Waals surface area contributed by atoms with Crippen LogP contribution in [0.4, 0.5) is 0 Å². The third-order valence-electron chi connectivity index (χ3n) is 7.48. The van der Waals surface area contributed by atoms with E-state index in [0.29, 0.717) is 17.3 Å². The highest BCUT2D eigenvalue weighted by molar-refractivity contribution is 6.02. The molecule has 0 aliphatic heterocycles. The predicted octanol–water partition coefficient (Wildman–Crippen LogP) is 4.74. The first-order valence-corrected chi connectivity index (χ1v) is 8.72. The van der Waals surface area contributed by atoms with Gasteiger partial charge in [0.15, 0.2) is 5.78 Å². The molecule has 0 bridgehead atoms. The van der Waals surface area contributed by atoms with Crippen molar-refractivity contribution in [1.29, 1.82) is 0 Å². The normalized spacial score (nSPS) is 47.3. The molecule has 0 spiro atoms. The van der Waals surface area contributed by atoms with E-state index in [2.05, 4.69) is 20.4 Å². The lowest BCUT2D eigenvalue weighted by Gasteiger charge is -2.57. The summed E-state index contributed by atoms with van der Waals surface area (Å²) in [5.41, 5.74) is 2.17. The molecule has 1 N–H and O–H groups in total. The summed E-state index contributed by atoms with van der Waals surface area (Å²) in [6.45, 7) is 8.89. The predicted molar refractivity (Wildman–Crippen MR) is 87.3 cm³/mol. The van der Waals surface area contributed by atoms with Crippen LogP contribution in [-0.2, 0) is 4.79 Å². The molecule has 0 heterocycles. The lowest BCUT2D eigenvalue weighted by Crippen LogP contribution is -2.50. The average molecular weight is 298 g/mol. The lowest BCUT2D eigenvalue weighted by molar-refractivity contribution is -0.111. The summed E-state index contributed by atoms with van der Waals surface area (Å²) in [6, 6.07) is 0. The fraction of sp³-hybridized carbons (Fsp3) is 0.650. The first-order valence-electron chi connectivity index (χ1n) is 8.72. The van der Waals surface area contributed by atoms with Crippen molar-refractivity contribution in [2.45, 2.75) is 52.4 Å². The quantitative estimate of drug-likeness (QED) is 0.701. The second-order valence-corrected chi connectivity index (χ2v) is 8.46. The molecule has 2 heteroatoms. The van der Waals surface area contributed by atoms with Crippen molar-refractivity contribution in [1.82, 2.24) is 0 Å². The zero-order chi connectivity index (χ0) is 15.7. The second-order valence-electron chi connectivity index (χ2n) is 8.46. The highest BCUT2D eigenvalue weighted by atomic mass is 16.3. The number of rotatable bonds is 0. The fourth-order valence-corrected chi connectivity index (χ4v) is 6.29. The molecule has 4 rings (SSSR count). The van der Waals surface area contributed by atoms with Gasteiger partial charge in [-0.2, -0.15) is 0 Å². The van der Waals surface area contributed by atoms with Crippen LogP contribution in [0.3, 0.4) is 0 Å². The first-order chi connectivity index (χ1) is 10.4. The van der Waals surface area contributed by atoms with Gasteiger partial charge in [0.1, 0.15) is 5.76 Å². The van der Waals surface area contributed by atoms with Gasteiger partial charge in [0, 0.05) is 6.08 Å². The van der Waals surface area contributed by atoms with E-state index in [0.717, 1.165) is 29.9 Å². The summed E-state index contributed by atoms with van der Waals surface area (Å²) in [6.07, 6.45) is 10.6.